The summed E-state index contributed by atoms with van der Waals surface area (Å²) in [6, 6.07) is 16.3. The van der Waals surface area contributed by atoms with Crippen LogP contribution in [-0.2, 0) is 5.75 Å². The minimum absolute atomic E-state index is 0.811. The van der Waals surface area contributed by atoms with Gasteiger partial charge in [-0.25, -0.2) is 4.98 Å². The van der Waals surface area contributed by atoms with Crippen LogP contribution in [0.15, 0.2) is 58.8 Å². The van der Waals surface area contributed by atoms with Crippen LogP contribution in [0.25, 0.3) is 10.6 Å². The number of benzene rings is 2. The Kier molecular flexibility index (Phi) is 4.27. The summed E-state index contributed by atoms with van der Waals surface area (Å²) >= 11 is 3.48. The van der Waals surface area contributed by atoms with E-state index < -0.39 is 0 Å². The highest BCUT2D eigenvalue weighted by Gasteiger charge is 2.06. The van der Waals surface area contributed by atoms with Crippen LogP contribution in [0.3, 0.4) is 0 Å². The van der Waals surface area contributed by atoms with Gasteiger partial charge in [-0.1, -0.05) is 36.4 Å². The van der Waals surface area contributed by atoms with Crippen LogP contribution >= 0.6 is 23.1 Å². The van der Waals surface area contributed by atoms with Crippen LogP contribution in [0, 0.1) is 6.92 Å². The Morgan fingerprint density at radius 1 is 1.14 bits per heavy atom. The van der Waals surface area contributed by atoms with Crippen molar-refractivity contribution in [2.75, 3.05) is 5.73 Å². The van der Waals surface area contributed by atoms with Crippen molar-refractivity contribution in [2.45, 2.75) is 17.6 Å². The molecular formula is C17H16N2S2. The zero-order valence-electron chi connectivity index (χ0n) is 11.7. The van der Waals surface area contributed by atoms with Gasteiger partial charge in [0.25, 0.3) is 0 Å². The summed E-state index contributed by atoms with van der Waals surface area (Å²) in [7, 11) is 0. The first-order valence-electron chi connectivity index (χ1n) is 6.71. The average molecular weight is 312 g/mol. The fraction of sp³-hybridized carbons (Fsp3) is 0.118. The van der Waals surface area contributed by atoms with Gasteiger partial charge in [-0.05, 0) is 24.6 Å². The van der Waals surface area contributed by atoms with Crippen molar-refractivity contribution in [3.8, 4) is 10.6 Å². The fourth-order valence-corrected chi connectivity index (χ4v) is 3.91. The molecule has 1 aromatic heterocycles. The fourth-order valence-electron chi connectivity index (χ4n) is 2.01. The zero-order valence-corrected chi connectivity index (χ0v) is 13.4. The average Bonchev–Trinajstić information content (AvgIpc) is 2.98. The highest BCUT2D eigenvalue weighted by atomic mass is 32.2. The Morgan fingerprint density at radius 3 is 2.76 bits per heavy atom. The first kappa shape index (κ1) is 14.2. The van der Waals surface area contributed by atoms with Crippen molar-refractivity contribution < 1.29 is 0 Å². The molecule has 0 aliphatic heterocycles. The molecule has 2 aromatic carbocycles. The number of hydrogen-bond donors (Lipinski definition) is 1. The molecule has 0 aliphatic carbocycles. The van der Waals surface area contributed by atoms with E-state index in [1.807, 2.05) is 30.3 Å². The molecule has 0 saturated heterocycles. The molecule has 0 amide bonds. The van der Waals surface area contributed by atoms with Gasteiger partial charge in [-0.3, -0.25) is 0 Å². The van der Waals surface area contributed by atoms with Gasteiger partial charge < -0.3 is 5.73 Å². The SMILES string of the molecule is Cc1ccc(N)cc1SCc1csc(-c2ccccc2)n1. The van der Waals surface area contributed by atoms with Gasteiger partial charge in [0, 0.05) is 27.3 Å². The summed E-state index contributed by atoms with van der Waals surface area (Å²) in [5.74, 6) is 0.869. The van der Waals surface area contributed by atoms with Crippen LogP contribution in [0.5, 0.6) is 0 Å². The maximum absolute atomic E-state index is 5.85. The van der Waals surface area contributed by atoms with E-state index in [1.165, 1.54) is 16.0 Å². The van der Waals surface area contributed by atoms with Gasteiger partial charge in [0.05, 0.1) is 5.69 Å². The molecule has 1 heterocycles. The van der Waals surface area contributed by atoms with E-state index in [4.69, 9.17) is 10.7 Å². The first-order valence-corrected chi connectivity index (χ1v) is 8.57. The van der Waals surface area contributed by atoms with Crippen molar-refractivity contribution in [2.24, 2.45) is 0 Å². The second-order valence-corrected chi connectivity index (χ2v) is 6.70. The summed E-state index contributed by atoms with van der Waals surface area (Å²) in [4.78, 5) is 5.94. The van der Waals surface area contributed by atoms with Gasteiger partial charge in [-0.2, -0.15) is 0 Å². The second kappa shape index (κ2) is 6.33. The third kappa shape index (κ3) is 3.46. The molecule has 21 heavy (non-hydrogen) atoms. The second-order valence-electron chi connectivity index (χ2n) is 4.82. The van der Waals surface area contributed by atoms with Crippen molar-refractivity contribution in [3.63, 3.8) is 0 Å². The van der Waals surface area contributed by atoms with E-state index in [0.29, 0.717) is 0 Å². The van der Waals surface area contributed by atoms with Gasteiger partial charge in [0.15, 0.2) is 0 Å². The molecule has 106 valence electrons. The minimum atomic E-state index is 0.811. The number of nitrogens with zero attached hydrogens (tertiary/aromatic N) is 1. The quantitative estimate of drug-likeness (QED) is 0.544. The monoisotopic (exact) mass is 312 g/mol. The predicted octanol–water partition coefficient (Wildman–Crippen LogP) is 4.99. The summed E-state index contributed by atoms with van der Waals surface area (Å²) in [6.07, 6.45) is 0. The van der Waals surface area contributed by atoms with Crippen molar-refractivity contribution >= 4 is 28.8 Å². The number of nitrogens with two attached hydrogens (primary N) is 1. The van der Waals surface area contributed by atoms with Crippen LogP contribution < -0.4 is 5.73 Å². The number of aryl methyl sites for hydroxylation is 1. The lowest BCUT2D eigenvalue weighted by molar-refractivity contribution is 1.22. The number of nitrogen functional groups attached to an aromatic ring is 1. The summed E-state index contributed by atoms with van der Waals surface area (Å²) in [5.41, 5.74) is 10.2. The molecule has 0 atom stereocenters. The summed E-state index contributed by atoms with van der Waals surface area (Å²) in [5, 5.41) is 3.22. The molecule has 0 saturated carbocycles. The topological polar surface area (TPSA) is 38.9 Å². The number of thioether (sulfide) groups is 1. The number of hydrogen-bond acceptors (Lipinski definition) is 4. The van der Waals surface area contributed by atoms with E-state index in [2.05, 4.69) is 30.5 Å². The van der Waals surface area contributed by atoms with E-state index in [9.17, 15) is 0 Å². The lowest BCUT2D eigenvalue weighted by Gasteiger charge is -2.05. The Bertz CT molecular complexity index is 736. The lowest BCUT2D eigenvalue weighted by Crippen LogP contribution is -1.88. The molecular weight excluding hydrogens is 296 g/mol. The minimum Gasteiger partial charge on any atom is -0.399 e. The smallest absolute Gasteiger partial charge is 0.123 e. The molecule has 0 spiro atoms. The van der Waals surface area contributed by atoms with Crippen molar-refractivity contribution in [1.82, 2.24) is 4.98 Å². The number of anilines is 1. The maximum atomic E-state index is 5.85. The van der Waals surface area contributed by atoms with Crippen LogP contribution in [-0.4, -0.2) is 4.98 Å². The molecule has 0 unspecified atom stereocenters. The Balaban J connectivity index is 1.72. The molecule has 0 aliphatic rings. The van der Waals surface area contributed by atoms with Gasteiger partial charge in [-0.15, -0.1) is 23.1 Å². The molecule has 3 rings (SSSR count). The van der Waals surface area contributed by atoms with Crippen LogP contribution in [0.4, 0.5) is 5.69 Å². The van der Waals surface area contributed by atoms with Crippen LogP contribution in [0.1, 0.15) is 11.3 Å². The van der Waals surface area contributed by atoms with Gasteiger partial charge in [0.1, 0.15) is 5.01 Å². The van der Waals surface area contributed by atoms with E-state index in [0.717, 1.165) is 22.1 Å². The Hall–Kier alpha value is -1.78. The summed E-state index contributed by atoms with van der Waals surface area (Å²) in [6.45, 7) is 2.11. The van der Waals surface area contributed by atoms with Crippen molar-refractivity contribution in [3.05, 3.63) is 65.2 Å². The molecule has 0 bridgehead atoms. The third-order valence-electron chi connectivity index (χ3n) is 3.16. The predicted molar refractivity (Wildman–Crippen MR) is 92.7 cm³/mol. The maximum Gasteiger partial charge on any atom is 0.123 e. The highest BCUT2D eigenvalue weighted by Crippen LogP contribution is 2.30. The molecule has 0 radical (unpaired) electrons. The number of thiazole rings is 1. The molecule has 4 heteroatoms. The Labute approximate surface area is 133 Å². The molecule has 2 nitrogen and oxygen atoms in total. The standard InChI is InChI=1S/C17H16N2S2/c1-12-7-8-14(18)9-16(12)20-10-15-11-21-17(19-15)13-5-3-2-4-6-13/h2-9,11H,10,18H2,1H3. The third-order valence-corrected chi connectivity index (χ3v) is 5.29. The zero-order chi connectivity index (χ0) is 14.7. The number of rotatable bonds is 4. The van der Waals surface area contributed by atoms with Gasteiger partial charge >= 0.3 is 0 Å². The summed E-state index contributed by atoms with van der Waals surface area (Å²) < 4.78 is 0. The van der Waals surface area contributed by atoms with E-state index in [1.54, 1.807) is 23.1 Å². The van der Waals surface area contributed by atoms with Crippen molar-refractivity contribution in [1.29, 1.82) is 0 Å². The molecule has 3 aromatic rings. The molecule has 2 N–H and O–H groups in total. The number of aromatic nitrogens is 1. The molecule has 0 fully saturated rings. The van der Waals surface area contributed by atoms with Crippen LogP contribution in [0.2, 0.25) is 0 Å². The first-order chi connectivity index (χ1) is 10.2. The largest absolute Gasteiger partial charge is 0.399 e. The lowest BCUT2D eigenvalue weighted by atomic mass is 10.2. The Morgan fingerprint density at radius 2 is 1.95 bits per heavy atom. The highest BCUT2D eigenvalue weighted by molar-refractivity contribution is 7.98. The normalized spacial score (nSPS) is 10.7. The van der Waals surface area contributed by atoms with Gasteiger partial charge in [0.2, 0.25) is 0 Å². The van der Waals surface area contributed by atoms with E-state index in [-0.39, 0.29) is 0 Å². The van der Waals surface area contributed by atoms with E-state index >= 15 is 0 Å².